The molecule has 184 valence electrons. The maximum atomic E-state index is 12.9. The van der Waals surface area contributed by atoms with Gasteiger partial charge in [0.25, 0.3) is 5.91 Å². The minimum atomic E-state index is -4.85. The van der Waals surface area contributed by atoms with Crippen LogP contribution in [0.5, 0.6) is 5.75 Å². The Balaban J connectivity index is 0.00000253. The molecule has 4 aromatic rings. The Morgan fingerprint density at radius 2 is 1.39 bits per heavy atom. The van der Waals surface area contributed by atoms with Crippen LogP contribution in [0.4, 0.5) is 17.1 Å². The summed E-state index contributed by atoms with van der Waals surface area (Å²) in [5, 5.41) is 22.0. The summed E-state index contributed by atoms with van der Waals surface area (Å²) in [6.07, 6.45) is 0. The average Bonchev–Trinajstić information content (AvgIpc) is 2.82. The molecule has 0 bridgehead atoms. The molecule has 2 N–H and O–H groups in total. The van der Waals surface area contributed by atoms with Crippen LogP contribution in [0.3, 0.4) is 0 Å². The molecular formula is C23H15N3Na2O8S2. The number of fused-ring (bicyclic) bond motifs is 1. The summed E-state index contributed by atoms with van der Waals surface area (Å²) in [5.41, 5.74) is -0.464. The molecular weight excluding hydrogens is 556 g/mol. The number of rotatable bonds is 6. The van der Waals surface area contributed by atoms with E-state index >= 15 is 0 Å². The zero-order valence-corrected chi connectivity index (χ0v) is 25.7. The van der Waals surface area contributed by atoms with Gasteiger partial charge in [0.05, 0.1) is 15.4 Å². The largest absolute Gasteiger partial charge is 1.00 e. The van der Waals surface area contributed by atoms with Crippen molar-refractivity contribution in [2.45, 2.75) is 9.79 Å². The molecule has 15 heteroatoms. The molecule has 0 fully saturated rings. The van der Waals surface area contributed by atoms with Crippen LogP contribution in [0.25, 0.3) is 10.8 Å². The van der Waals surface area contributed by atoms with Crippen LogP contribution in [0, 0.1) is 0 Å². The number of benzene rings is 4. The van der Waals surface area contributed by atoms with Crippen molar-refractivity contribution in [3.8, 4) is 5.75 Å². The summed E-state index contributed by atoms with van der Waals surface area (Å²) in [4.78, 5) is 11.9. The third-order valence-electron chi connectivity index (χ3n) is 5.03. The van der Waals surface area contributed by atoms with E-state index in [0.717, 1.165) is 18.2 Å². The fourth-order valence-electron chi connectivity index (χ4n) is 3.35. The van der Waals surface area contributed by atoms with E-state index in [9.17, 15) is 35.8 Å². The monoisotopic (exact) mass is 571 g/mol. The number of carbonyl (C=O) groups is 1. The maximum Gasteiger partial charge on any atom is 1.00 e. The number of azo groups is 1. The molecule has 0 unspecified atom stereocenters. The standard InChI is InChI=1S/C23H17N3O8S2.2Na/c27-22-18(23(28)24-15-9-11-16(12-10-15)35(29,30)31)13-14-5-1-2-6-17(14)21(22)26-25-19-7-3-4-8-20(19)36(32,33)34;;/h1-13,27H,(H,24,28)(H,29,30,31)(H,32,33,34);;/q;2*+1/p-2. The molecule has 0 aliphatic rings. The van der Waals surface area contributed by atoms with Crippen LogP contribution < -0.4 is 64.4 Å². The van der Waals surface area contributed by atoms with Gasteiger partial charge < -0.3 is 19.5 Å². The van der Waals surface area contributed by atoms with Crippen molar-refractivity contribution in [3.63, 3.8) is 0 Å². The number of aromatic hydroxyl groups is 1. The Labute approximate surface area is 262 Å². The molecule has 0 aromatic heterocycles. The minimum absolute atomic E-state index is 0. The van der Waals surface area contributed by atoms with Crippen molar-refractivity contribution < 1.29 is 95.0 Å². The Kier molecular flexibility index (Phi) is 10.8. The van der Waals surface area contributed by atoms with E-state index in [0.29, 0.717) is 10.8 Å². The number of nitrogens with one attached hydrogen (secondary N) is 1. The maximum absolute atomic E-state index is 12.9. The second-order valence-corrected chi connectivity index (χ2v) is 10.1. The topological polar surface area (TPSA) is 188 Å². The van der Waals surface area contributed by atoms with Gasteiger partial charge in [0.2, 0.25) is 0 Å². The van der Waals surface area contributed by atoms with Crippen molar-refractivity contribution in [2.75, 3.05) is 5.32 Å². The second kappa shape index (κ2) is 12.8. The first kappa shape index (κ1) is 32.0. The van der Waals surface area contributed by atoms with Crippen LogP contribution in [0.15, 0.2) is 98.9 Å². The number of anilines is 1. The zero-order valence-electron chi connectivity index (χ0n) is 20.0. The van der Waals surface area contributed by atoms with Crippen molar-refractivity contribution in [1.29, 1.82) is 0 Å². The number of hydrogen-bond acceptors (Lipinski definition) is 10. The summed E-state index contributed by atoms with van der Waals surface area (Å²) in [6, 6.07) is 17.6. The van der Waals surface area contributed by atoms with Gasteiger partial charge in [0.1, 0.15) is 31.6 Å². The van der Waals surface area contributed by atoms with Crippen molar-refractivity contribution in [2.24, 2.45) is 10.2 Å². The van der Waals surface area contributed by atoms with Gasteiger partial charge in [-0.25, -0.2) is 16.8 Å². The molecule has 4 aromatic carbocycles. The Hall–Kier alpha value is -2.17. The SMILES string of the molecule is O=C(Nc1ccc(S(=O)(=O)[O-])cc1)c1cc2ccccc2c(N=Nc2ccccc2S(=O)(=O)[O-])c1O.[Na+].[Na+]. The van der Waals surface area contributed by atoms with Crippen molar-refractivity contribution in [3.05, 3.63) is 84.4 Å². The van der Waals surface area contributed by atoms with E-state index in [1.165, 1.54) is 36.4 Å². The Morgan fingerprint density at radius 1 is 0.789 bits per heavy atom. The summed E-state index contributed by atoms with van der Waals surface area (Å²) >= 11 is 0. The average molecular weight is 572 g/mol. The number of hydrogen-bond donors (Lipinski definition) is 2. The molecule has 0 aliphatic heterocycles. The number of carbonyl (C=O) groups excluding carboxylic acids is 1. The quantitative estimate of drug-likeness (QED) is 0.151. The molecule has 4 rings (SSSR count). The first-order chi connectivity index (χ1) is 16.9. The predicted octanol–water partition coefficient (Wildman–Crippen LogP) is -1.97. The number of nitrogens with zero attached hydrogens (tertiary/aromatic N) is 2. The third-order valence-corrected chi connectivity index (χ3v) is 6.77. The van der Waals surface area contributed by atoms with E-state index in [-0.39, 0.29) is 81.7 Å². The van der Waals surface area contributed by atoms with E-state index in [1.54, 1.807) is 24.3 Å². The Bertz CT molecular complexity index is 1740. The molecule has 0 heterocycles. The number of phenols is 1. The molecule has 0 atom stereocenters. The van der Waals surface area contributed by atoms with Crippen LogP contribution in [-0.2, 0) is 20.2 Å². The molecule has 11 nitrogen and oxygen atoms in total. The number of amides is 1. The fourth-order valence-corrected chi connectivity index (χ4v) is 4.43. The first-order valence-electron chi connectivity index (χ1n) is 10.0. The normalized spacial score (nSPS) is 11.5. The number of phenolic OH excluding ortho intramolecular Hbond substituents is 1. The summed E-state index contributed by atoms with van der Waals surface area (Å²) in [6.45, 7) is 0. The van der Waals surface area contributed by atoms with Gasteiger partial charge in [-0.15, -0.1) is 10.2 Å². The summed E-state index contributed by atoms with van der Waals surface area (Å²) in [7, 11) is -9.51. The van der Waals surface area contributed by atoms with E-state index in [1.807, 2.05) is 0 Å². The van der Waals surface area contributed by atoms with Gasteiger partial charge in [-0.3, -0.25) is 4.79 Å². The zero-order chi connectivity index (χ0) is 26.1. The smallest absolute Gasteiger partial charge is 0.744 e. The van der Waals surface area contributed by atoms with Gasteiger partial charge in [-0.1, -0.05) is 36.4 Å². The van der Waals surface area contributed by atoms with Crippen molar-refractivity contribution >= 4 is 54.0 Å². The van der Waals surface area contributed by atoms with Crippen LogP contribution >= 0.6 is 0 Å². The van der Waals surface area contributed by atoms with Crippen LogP contribution in [0.2, 0.25) is 0 Å². The fraction of sp³-hybridized carbons (Fsp3) is 0. The van der Waals surface area contributed by atoms with E-state index < -0.39 is 41.7 Å². The van der Waals surface area contributed by atoms with Gasteiger partial charge in [0, 0.05) is 11.1 Å². The predicted molar refractivity (Wildman–Crippen MR) is 127 cm³/mol. The van der Waals surface area contributed by atoms with Crippen LogP contribution in [-0.4, -0.2) is 37.0 Å². The van der Waals surface area contributed by atoms with Crippen LogP contribution in [0.1, 0.15) is 10.4 Å². The molecule has 0 saturated carbocycles. The Morgan fingerprint density at radius 3 is 2.03 bits per heavy atom. The molecule has 0 saturated heterocycles. The molecule has 38 heavy (non-hydrogen) atoms. The third kappa shape index (κ3) is 7.27. The second-order valence-electron chi connectivity index (χ2n) is 7.40. The summed E-state index contributed by atoms with van der Waals surface area (Å²) in [5.74, 6) is -1.36. The van der Waals surface area contributed by atoms with Gasteiger partial charge in [-0.05, 0) is 47.9 Å². The minimum Gasteiger partial charge on any atom is -0.744 e. The van der Waals surface area contributed by atoms with Gasteiger partial charge >= 0.3 is 59.1 Å². The molecule has 0 aliphatic carbocycles. The first-order valence-corrected chi connectivity index (χ1v) is 12.9. The van der Waals surface area contributed by atoms with E-state index in [2.05, 4.69) is 15.5 Å². The van der Waals surface area contributed by atoms with Gasteiger partial charge in [0.15, 0.2) is 5.75 Å². The summed E-state index contributed by atoms with van der Waals surface area (Å²) < 4.78 is 67.8. The molecule has 1 amide bonds. The van der Waals surface area contributed by atoms with E-state index in [4.69, 9.17) is 0 Å². The molecule has 0 radical (unpaired) electrons. The van der Waals surface area contributed by atoms with Gasteiger partial charge in [-0.2, -0.15) is 0 Å². The van der Waals surface area contributed by atoms with Crippen molar-refractivity contribution in [1.82, 2.24) is 0 Å². The molecule has 0 spiro atoms.